The molecule has 0 atom stereocenters. The monoisotopic (exact) mass is 370 g/mol. The topological polar surface area (TPSA) is 105 Å². The van der Waals surface area contributed by atoms with Crippen LogP contribution in [0.25, 0.3) is 0 Å². The van der Waals surface area contributed by atoms with Gasteiger partial charge in [-0.15, -0.1) is 0 Å². The number of nitrogens with one attached hydrogen (secondary N) is 1. The van der Waals surface area contributed by atoms with E-state index in [1.807, 2.05) is 12.1 Å². The summed E-state index contributed by atoms with van der Waals surface area (Å²) in [4.78, 5) is 13.3. The summed E-state index contributed by atoms with van der Waals surface area (Å²) in [6, 6.07) is 6.06. The highest BCUT2D eigenvalue weighted by molar-refractivity contribution is 8.00. The number of halogens is 1. The number of piperidine rings is 1. The van der Waals surface area contributed by atoms with E-state index < -0.39 is 5.97 Å². The van der Waals surface area contributed by atoms with Gasteiger partial charge in [-0.2, -0.15) is 11.8 Å². The number of carboxylic acid groups (broad SMARTS) is 1. The molecule has 0 bridgehead atoms. The van der Waals surface area contributed by atoms with E-state index in [1.54, 1.807) is 11.8 Å². The van der Waals surface area contributed by atoms with Gasteiger partial charge in [-0.1, -0.05) is 17.7 Å². The predicted octanol–water partition coefficient (Wildman–Crippen LogP) is 2.07. The zero-order chi connectivity index (χ0) is 17.7. The third kappa shape index (κ3) is 4.72. The fourth-order valence-corrected chi connectivity index (χ4v) is 4.04. The molecule has 8 heteroatoms. The molecule has 1 saturated heterocycles. The van der Waals surface area contributed by atoms with Gasteiger partial charge < -0.3 is 21.2 Å². The van der Waals surface area contributed by atoms with Gasteiger partial charge in [0.1, 0.15) is 0 Å². The molecule has 1 heterocycles. The van der Waals surface area contributed by atoms with E-state index >= 15 is 0 Å². The first-order chi connectivity index (χ1) is 11.4. The van der Waals surface area contributed by atoms with Crippen LogP contribution in [0.5, 0.6) is 0 Å². The lowest BCUT2D eigenvalue weighted by Gasteiger charge is -2.34. The van der Waals surface area contributed by atoms with Crippen LogP contribution >= 0.6 is 23.4 Å². The van der Waals surface area contributed by atoms with Crippen molar-refractivity contribution in [3.63, 3.8) is 0 Å². The van der Waals surface area contributed by atoms with Gasteiger partial charge in [0, 0.05) is 24.1 Å². The Morgan fingerprint density at radius 2 is 2.12 bits per heavy atom. The van der Waals surface area contributed by atoms with Crippen LogP contribution in [0.3, 0.4) is 0 Å². The molecule has 0 spiro atoms. The molecule has 0 radical (unpaired) electrons. The molecule has 1 fully saturated rings. The van der Waals surface area contributed by atoms with Gasteiger partial charge in [0.2, 0.25) is 0 Å². The van der Waals surface area contributed by atoms with Crippen molar-refractivity contribution in [2.75, 3.05) is 23.7 Å². The van der Waals surface area contributed by atoms with Gasteiger partial charge in [-0.05, 0) is 37.5 Å². The van der Waals surface area contributed by atoms with Crippen molar-refractivity contribution in [2.45, 2.75) is 25.0 Å². The molecular weight excluding hydrogens is 348 g/mol. The van der Waals surface area contributed by atoms with Crippen LogP contribution in [0.2, 0.25) is 5.02 Å². The average Bonchev–Trinajstić information content (AvgIpc) is 2.56. The molecule has 6 nitrogen and oxygen atoms in total. The zero-order valence-electron chi connectivity index (χ0n) is 13.6. The van der Waals surface area contributed by atoms with Crippen LogP contribution in [0, 0.1) is 6.92 Å². The number of carbonyl (C=O) groups is 1. The molecule has 0 aliphatic carbocycles. The van der Waals surface area contributed by atoms with Crippen molar-refractivity contribution >= 4 is 35.0 Å². The highest BCUT2D eigenvalue weighted by Gasteiger charge is 2.22. The van der Waals surface area contributed by atoms with Gasteiger partial charge >= 0.3 is 5.97 Å². The van der Waals surface area contributed by atoms with Gasteiger partial charge in [0.05, 0.1) is 16.4 Å². The Bertz CT molecular complexity index is 631. The molecule has 0 unspecified atom stereocenters. The van der Waals surface area contributed by atoms with Crippen LogP contribution in [-0.4, -0.2) is 35.2 Å². The number of hydrogen-bond donors (Lipinski definition) is 4. The molecule has 0 amide bonds. The standard InChI is InChI=1S/C16H23ClN4O2S/c1-10-2-3-12(17)14(8-10)21-6-4-11(5-7-21)24-9-13(18)15(20-19)16(22)23/h2-3,8,11,20H,4-7,9,18-19H2,1H3,(H,22,23)/b15-13-. The highest BCUT2D eigenvalue weighted by Crippen LogP contribution is 2.32. The maximum Gasteiger partial charge on any atom is 0.355 e. The summed E-state index contributed by atoms with van der Waals surface area (Å²) in [6.07, 6.45) is 2.00. The summed E-state index contributed by atoms with van der Waals surface area (Å²) in [5.41, 5.74) is 10.4. The Hall–Kier alpha value is -1.57. The number of rotatable bonds is 6. The lowest BCUT2D eigenvalue weighted by molar-refractivity contribution is -0.133. The van der Waals surface area contributed by atoms with E-state index in [0.717, 1.165) is 36.6 Å². The number of aliphatic carboxylic acids is 1. The third-order valence-corrected chi connectivity index (χ3v) is 5.78. The smallest absolute Gasteiger partial charge is 0.355 e. The summed E-state index contributed by atoms with van der Waals surface area (Å²) >= 11 is 7.97. The fraction of sp³-hybridized carbons (Fsp3) is 0.438. The summed E-state index contributed by atoms with van der Waals surface area (Å²) in [6.45, 7) is 3.90. The van der Waals surface area contributed by atoms with Crippen molar-refractivity contribution < 1.29 is 9.90 Å². The second-order valence-electron chi connectivity index (χ2n) is 5.80. The van der Waals surface area contributed by atoms with Crippen LogP contribution in [0.1, 0.15) is 18.4 Å². The SMILES string of the molecule is Cc1ccc(Cl)c(N2CCC(SC/C(N)=C(/NN)C(=O)O)CC2)c1. The number of anilines is 1. The Kier molecular flexibility index (Phi) is 6.65. The van der Waals surface area contributed by atoms with Crippen LogP contribution < -0.4 is 21.9 Å². The van der Waals surface area contributed by atoms with E-state index in [4.69, 9.17) is 28.3 Å². The third-order valence-electron chi connectivity index (χ3n) is 4.04. The van der Waals surface area contributed by atoms with Crippen LogP contribution in [0.15, 0.2) is 29.6 Å². The molecule has 1 aliphatic heterocycles. The zero-order valence-corrected chi connectivity index (χ0v) is 15.2. The van der Waals surface area contributed by atoms with Crippen LogP contribution in [0.4, 0.5) is 5.69 Å². The summed E-state index contributed by atoms with van der Waals surface area (Å²) in [7, 11) is 0. The Morgan fingerprint density at radius 1 is 1.46 bits per heavy atom. The van der Waals surface area contributed by atoms with Crippen molar-refractivity contribution in [1.29, 1.82) is 0 Å². The Labute approximate surface area is 151 Å². The summed E-state index contributed by atoms with van der Waals surface area (Å²) in [5.74, 6) is 4.50. The van der Waals surface area contributed by atoms with Gasteiger partial charge in [-0.25, -0.2) is 4.79 Å². The van der Waals surface area contributed by atoms with Crippen molar-refractivity contribution in [1.82, 2.24) is 5.43 Å². The van der Waals surface area contributed by atoms with Crippen molar-refractivity contribution in [2.24, 2.45) is 11.6 Å². The minimum atomic E-state index is -1.14. The number of hydrazine groups is 1. The predicted molar refractivity (Wildman–Crippen MR) is 100 cm³/mol. The lowest BCUT2D eigenvalue weighted by atomic mass is 10.1. The lowest BCUT2D eigenvalue weighted by Crippen LogP contribution is -2.35. The van der Waals surface area contributed by atoms with E-state index in [2.05, 4.69) is 23.3 Å². The maximum atomic E-state index is 11.0. The molecule has 1 aliphatic rings. The molecule has 0 saturated carbocycles. The number of carboxylic acids is 1. The Balaban J connectivity index is 1.89. The first-order valence-electron chi connectivity index (χ1n) is 7.73. The molecule has 24 heavy (non-hydrogen) atoms. The minimum Gasteiger partial charge on any atom is -0.476 e. The fourth-order valence-electron chi connectivity index (χ4n) is 2.70. The molecule has 1 aromatic carbocycles. The minimum absolute atomic E-state index is 0.133. The second kappa shape index (κ2) is 8.50. The van der Waals surface area contributed by atoms with Crippen molar-refractivity contribution in [3.05, 3.63) is 40.2 Å². The molecule has 1 aromatic rings. The number of aryl methyl sites for hydroxylation is 1. The summed E-state index contributed by atoms with van der Waals surface area (Å²) in [5, 5.41) is 10.2. The van der Waals surface area contributed by atoms with Gasteiger partial charge in [0.15, 0.2) is 5.70 Å². The summed E-state index contributed by atoms with van der Waals surface area (Å²) < 4.78 is 0. The molecule has 132 valence electrons. The average molecular weight is 371 g/mol. The van der Waals surface area contributed by atoms with Gasteiger partial charge in [-0.3, -0.25) is 5.84 Å². The number of nitrogens with zero attached hydrogens (tertiary/aromatic N) is 1. The Morgan fingerprint density at radius 3 is 2.71 bits per heavy atom. The first kappa shape index (κ1) is 18.8. The number of thioether (sulfide) groups is 1. The normalized spacial score (nSPS) is 16.7. The van der Waals surface area contributed by atoms with E-state index in [9.17, 15) is 4.79 Å². The van der Waals surface area contributed by atoms with E-state index in [1.165, 1.54) is 5.56 Å². The number of nitrogens with two attached hydrogens (primary N) is 2. The first-order valence-corrected chi connectivity index (χ1v) is 9.16. The number of hydrogen-bond acceptors (Lipinski definition) is 6. The molecule has 2 rings (SSSR count). The quantitative estimate of drug-likeness (QED) is 0.345. The maximum absolute atomic E-state index is 11.0. The highest BCUT2D eigenvalue weighted by atomic mass is 35.5. The van der Waals surface area contributed by atoms with Gasteiger partial charge in [0.25, 0.3) is 0 Å². The second-order valence-corrected chi connectivity index (χ2v) is 7.50. The van der Waals surface area contributed by atoms with Crippen LogP contribution in [-0.2, 0) is 4.79 Å². The molecule has 0 aromatic heterocycles. The number of benzene rings is 1. The van der Waals surface area contributed by atoms with E-state index in [-0.39, 0.29) is 11.4 Å². The van der Waals surface area contributed by atoms with Crippen molar-refractivity contribution in [3.8, 4) is 0 Å². The molecular formula is C16H23ClN4O2S. The van der Waals surface area contributed by atoms with E-state index in [0.29, 0.717) is 11.0 Å². The largest absolute Gasteiger partial charge is 0.476 e. The molecule has 6 N–H and O–H groups in total.